The third kappa shape index (κ3) is 4.63. The van der Waals surface area contributed by atoms with Crippen molar-refractivity contribution >= 4 is 23.1 Å². The van der Waals surface area contributed by atoms with Crippen LogP contribution in [-0.4, -0.2) is 17.8 Å². The molecule has 28 heavy (non-hydrogen) atoms. The minimum Gasteiger partial charge on any atom is -0.502 e. The molecule has 146 valence electrons. The highest BCUT2D eigenvalue weighted by molar-refractivity contribution is 7.71. The second-order valence-corrected chi connectivity index (χ2v) is 7.39. The summed E-state index contributed by atoms with van der Waals surface area (Å²) in [4.78, 5) is 0. The predicted octanol–water partition coefficient (Wildman–Crippen LogP) is 6.94. The van der Waals surface area contributed by atoms with Crippen LogP contribution in [0.3, 0.4) is 0 Å². The van der Waals surface area contributed by atoms with Gasteiger partial charge in [-0.1, -0.05) is 49.1 Å². The van der Waals surface area contributed by atoms with E-state index in [0.29, 0.717) is 13.2 Å². The molecule has 1 aromatic heterocycles. The number of fused-ring (bicyclic) bond motifs is 1. The van der Waals surface area contributed by atoms with Crippen LogP contribution in [0.2, 0.25) is 0 Å². The first-order valence-corrected chi connectivity index (χ1v) is 10.1. The van der Waals surface area contributed by atoms with Gasteiger partial charge in [0, 0.05) is 22.5 Å². The highest BCUT2D eigenvalue weighted by atomic mass is 32.1. The van der Waals surface area contributed by atoms with Crippen molar-refractivity contribution in [2.24, 2.45) is 0 Å². The van der Waals surface area contributed by atoms with Crippen molar-refractivity contribution in [1.29, 1.82) is 0 Å². The molecule has 3 nitrogen and oxygen atoms in total. The first kappa shape index (κ1) is 20.2. The van der Waals surface area contributed by atoms with Gasteiger partial charge in [0.2, 0.25) is 0 Å². The first-order chi connectivity index (χ1) is 13.6. The summed E-state index contributed by atoms with van der Waals surface area (Å²) in [5.41, 5.74) is 3.35. The Bertz CT molecular complexity index is 993. The molecule has 0 amide bonds. The van der Waals surface area contributed by atoms with E-state index in [4.69, 9.17) is 21.7 Å². The second kappa shape index (κ2) is 9.56. The lowest BCUT2D eigenvalue weighted by Gasteiger charge is -2.19. The van der Waals surface area contributed by atoms with E-state index in [1.165, 1.54) is 6.26 Å². The summed E-state index contributed by atoms with van der Waals surface area (Å²) in [6.07, 6.45) is 3.37. The normalized spacial score (nSPS) is 11.0. The summed E-state index contributed by atoms with van der Waals surface area (Å²) >= 11 is 5.84. The Hall–Kier alpha value is -2.59. The standard InChI is InChI=1S/C24H27NO2S/c1-4-26-14-8-9-15-27-21-12-13-23-20(16-21)17-22(19-10-6-5-7-11-19)24(28)25(23)18(2)3/h4-7,10-13,16-18H,1,8-9,14-15H2,2-3H3. The molecule has 0 aliphatic carbocycles. The Kier molecular flexibility index (Phi) is 6.88. The molecule has 0 aliphatic heterocycles. The molecular formula is C24H27NO2S. The van der Waals surface area contributed by atoms with Gasteiger partial charge < -0.3 is 14.0 Å². The van der Waals surface area contributed by atoms with Gasteiger partial charge >= 0.3 is 0 Å². The molecule has 0 N–H and O–H groups in total. The summed E-state index contributed by atoms with van der Waals surface area (Å²) in [5.74, 6) is 0.878. The van der Waals surface area contributed by atoms with Crippen LogP contribution in [0.1, 0.15) is 32.7 Å². The van der Waals surface area contributed by atoms with Crippen molar-refractivity contribution < 1.29 is 9.47 Å². The zero-order chi connectivity index (χ0) is 19.9. The molecule has 0 unspecified atom stereocenters. The molecule has 1 heterocycles. The number of benzene rings is 2. The summed E-state index contributed by atoms with van der Waals surface area (Å²) in [5, 5.41) is 1.13. The van der Waals surface area contributed by atoms with Crippen LogP contribution >= 0.6 is 12.2 Å². The van der Waals surface area contributed by atoms with E-state index in [2.05, 4.69) is 55.3 Å². The van der Waals surface area contributed by atoms with E-state index >= 15 is 0 Å². The Labute approximate surface area is 172 Å². The smallest absolute Gasteiger partial charge is 0.120 e. The van der Waals surface area contributed by atoms with Crippen molar-refractivity contribution in [1.82, 2.24) is 4.57 Å². The van der Waals surface area contributed by atoms with Gasteiger partial charge in [0.1, 0.15) is 10.4 Å². The van der Waals surface area contributed by atoms with Gasteiger partial charge in [0.05, 0.1) is 19.5 Å². The third-order valence-electron chi connectivity index (χ3n) is 4.65. The number of pyridine rings is 1. The van der Waals surface area contributed by atoms with E-state index in [0.717, 1.165) is 45.3 Å². The van der Waals surface area contributed by atoms with Crippen molar-refractivity contribution in [3.8, 4) is 16.9 Å². The van der Waals surface area contributed by atoms with Crippen LogP contribution in [0, 0.1) is 4.64 Å². The monoisotopic (exact) mass is 393 g/mol. The van der Waals surface area contributed by atoms with Crippen LogP contribution < -0.4 is 4.74 Å². The zero-order valence-electron chi connectivity index (χ0n) is 16.6. The van der Waals surface area contributed by atoms with E-state index in [1.54, 1.807) is 0 Å². The highest BCUT2D eigenvalue weighted by Gasteiger charge is 2.11. The fourth-order valence-electron chi connectivity index (χ4n) is 3.31. The maximum Gasteiger partial charge on any atom is 0.120 e. The van der Waals surface area contributed by atoms with Gasteiger partial charge in [-0.05, 0) is 56.5 Å². The molecule has 0 fully saturated rings. The molecule has 0 saturated heterocycles. The molecular weight excluding hydrogens is 366 g/mol. The van der Waals surface area contributed by atoms with Crippen LogP contribution in [0.4, 0.5) is 0 Å². The summed E-state index contributed by atoms with van der Waals surface area (Å²) < 4.78 is 14.2. The van der Waals surface area contributed by atoms with E-state index in [-0.39, 0.29) is 6.04 Å². The molecule has 4 heteroatoms. The zero-order valence-corrected chi connectivity index (χ0v) is 17.4. The molecule has 0 atom stereocenters. The van der Waals surface area contributed by atoms with Gasteiger partial charge in [-0.2, -0.15) is 0 Å². The minimum absolute atomic E-state index is 0.273. The van der Waals surface area contributed by atoms with Gasteiger partial charge in [-0.3, -0.25) is 0 Å². The Morgan fingerprint density at radius 3 is 2.50 bits per heavy atom. The van der Waals surface area contributed by atoms with Crippen LogP contribution in [-0.2, 0) is 4.74 Å². The van der Waals surface area contributed by atoms with Gasteiger partial charge in [-0.25, -0.2) is 0 Å². The quantitative estimate of drug-likeness (QED) is 0.223. The third-order valence-corrected chi connectivity index (χ3v) is 5.07. The number of hydrogen-bond donors (Lipinski definition) is 0. The Morgan fingerprint density at radius 1 is 1.04 bits per heavy atom. The van der Waals surface area contributed by atoms with Crippen molar-refractivity contribution in [2.75, 3.05) is 13.2 Å². The van der Waals surface area contributed by atoms with Gasteiger partial charge in [0.15, 0.2) is 0 Å². The average Bonchev–Trinajstić information content (AvgIpc) is 2.70. The highest BCUT2D eigenvalue weighted by Crippen LogP contribution is 2.31. The number of rotatable bonds is 9. The molecule has 3 aromatic rings. The fourth-order valence-corrected chi connectivity index (χ4v) is 3.80. The number of aromatic nitrogens is 1. The molecule has 0 radical (unpaired) electrons. The lowest BCUT2D eigenvalue weighted by molar-refractivity contribution is 0.226. The Morgan fingerprint density at radius 2 is 1.79 bits per heavy atom. The van der Waals surface area contributed by atoms with Gasteiger partial charge in [-0.15, -0.1) is 0 Å². The van der Waals surface area contributed by atoms with E-state index in [9.17, 15) is 0 Å². The molecule has 3 rings (SSSR count). The molecule has 0 saturated carbocycles. The number of nitrogens with zero attached hydrogens (tertiary/aromatic N) is 1. The first-order valence-electron chi connectivity index (χ1n) is 9.72. The van der Waals surface area contributed by atoms with Crippen molar-refractivity contribution in [3.63, 3.8) is 0 Å². The maximum absolute atomic E-state index is 5.95. The number of ether oxygens (including phenoxy) is 2. The van der Waals surface area contributed by atoms with Crippen molar-refractivity contribution in [3.05, 3.63) is 72.1 Å². The summed E-state index contributed by atoms with van der Waals surface area (Å²) in [7, 11) is 0. The SMILES string of the molecule is C=COCCCCOc1ccc2c(c1)cc(-c1ccccc1)c(=S)n2C(C)C. The predicted molar refractivity (Wildman–Crippen MR) is 119 cm³/mol. The molecule has 0 aliphatic rings. The molecule has 0 spiro atoms. The van der Waals surface area contributed by atoms with Crippen LogP contribution in [0.5, 0.6) is 5.75 Å². The van der Waals surface area contributed by atoms with Crippen molar-refractivity contribution in [2.45, 2.75) is 32.7 Å². The molecule has 2 aromatic carbocycles. The number of hydrogen-bond acceptors (Lipinski definition) is 3. The summed E-state index contributed by atoms with van der Waals surface area (Å²) in [6, 6.07) is 19.0. The maximum atomic E-state index is 5.95. The van der Waals surface area contributed by atoms with Crippen LogP contribution in [0.25, 0.3) is 22.0 Å². The topological polar surface area (TPSA) is 23.4 Å². The van der Waals surface area contributed by atoms with Crippen LogP contribution in [0.15, 0.2) is 67.4 Å². The van der Waals surface area contributed by atoms with E-state index < -0.39 is 0 Å². The Balaban J connectivity index is 1.92. The molecule has 0 bridgehead atoms. The number of unbranched alkanes of at least 4 members (excludes halogenated alkanes) is 1. The lowest BCUT2D eigenvalue weighted by atomic mass is 10.0. The minimum atomic E-state index is 0.273. The average molecular weight is 394 g/mol. The largest absolute Gasteiger partial charge is 0.502 e. The van der Waals surface area contributed by atoms with Gasteiger partial charge in [0.25, 0.3) is 0 Å². The fraction of sp³-hybridized carbons (Fsp3) is 0.292. The van der Waals surface area contributed by atoms with E-state index in [1.807, 2.05) is 24.3 Å². The second-order valence-electron chi connectivity index (χ2n) is 7.01. The summed E-state index contributed by atoms with van der Waals surface area (Å²) in [6.45, 7) is 9.23. The lowest BCUT2D eigenvalue weighted by Crippen LogP contribution is -2.06.